The number of aryl methyl sites for hydroxylation is 2. The minimum absolute atomic E-state index is 0.0884. The van der Waals surface area contributed by atoms with Crippen LogP contribution in [0.3, 0.4) is 0 Å². The van der Waals surface area contributed by atoms with E-state index < -0.39 is 20.0 Å². The average molecular weight is 450 g/mol. The fraction of sp³-hybridized carbons (Fsp3) is 0.381. The number of nitrogens with one attached hydrogen (secondary N) is 1. The summed E-state index contributed by atoms with van der Waals surface area (Å²) >= 11 is 0. The molecule has 0 aliphatic rings. The molecule has 0 spiro atoms. The zero-order chi connectivity index (χ0) is 22.2. The van der Waals surface area contributed by atoms with Crippen molar-refractivity contribution in [3.8, 4) is 6.07 Å². The maximum atomic E-state index is 12.9. The van der Waals surface area contributed by atoms with Crippen LogP contribution in [0.25, 0.3) is 0 Å². The highest BCUT2D eigenvalue weighted by Gasteiger charge is 2.23. The molecule has 0 aromatic heterocycles. The first-order valence-electron chi connectivity index (χ1n) is 9.67. The molecule has 30 heavy (non-hydrogen) atoms. The first-order chi connectivity index (χ1) is 14.2. The lowest BCUT2D eigenvalue weighted by atomic mass is 10.2. The van der Waals surface area contributed by atoms with E-state index in [1.807, 2.05) is 19.9 Å². The van der Waals surface area contributed by atoms with Crippen molar-refractivity contribution < 1.29 is 16.8 Å². The largest absolute Gasteiger partial charge is 0.243 e. The van der Waals surface area contributed by atoms with Gasteiger partial charge in [-0.3, -0.25) is 0 Å². The molecule has 0 aliphatic carbocycles. The van der Waals surface area contributed by atoms with Crippen molar-refractivity contribution in [1.82, 2.24) is 9.03 Å². The highest BCUT2D eigenvalue weighted by Crippen LogP contribution is 2.17. The van der Waals surface area contributed by atoms with Gasteiger partial charge >= 0.3 is 0 Å². The van der Waals surface area contributed by atoms with E-state index in [2.05, 4.69) is 4.72 Å². The summed E-state index contributed by atoms with van der Waals surface area (Å²) in [5.41, 5.74) is 1.93. The molecule has 0 aliphatic heterocycles. The summed E-state index contributed by atoms with van der Waals surface area (Å²) in [5.74, 6) is 0. The molecular formula is C21H27N3O4S2. The third-order valence-electron chi connectivity index (χ3n) is 4.59. The molecular weight excluding hydrogens is 422 g/mol. The summed E-state index contributed by atoms with van der Waals surface area (Å²) < 4.78 is 54.2. The van der Waals surface area contributed by atoms with Gasteiger partial charge in [0, 0.05) is 26.1 Å². The van der Waals surface area contributed by atoms with Gasteiger partial charge < -0.3 is 0 Å². The Morgan fingerprint density at radius 2 is 1.37 bits per heavy atom. The van der Waals surface area contributed by atoms with Crippen LogP contribution in [0.2, 0.25) is 0 Å². The second-order valence-corrected chi connectivity index (χ2v) is 10.7. The van der Waals surface area contributed by atoms with Crippen molar-refractivity contribution >= 4 is 20.0 Å². The van der Waals surface area contributed by atoms with E-state index in [1.54, 1.807) is 48.5 Å². The molecule has 2 rings (SSSR count). The third kappa shape index (κ3) is 6.64. The summed E-state index contributed by atoms with van der Waals surface area (Å²) in [5, 5.41) is 8.86. The van der Waals surface area contributed by atoms with Crippen LogP contribution >= 0.6 is 0 Å². The zero-order valence-corrected chi connectivity index (χ0v) is 18.8. The fourth-order valence-electron chi connectivity index (χ4n) is 2.81. The Morgan fingerprint density at radius 1 is 0.833 bits per heavy atom. The molecule has 0 unspecified atom stereocenters. The highest BCUT2D eigenvalue weighted by molar-refractivity contribution is 7.89. The molecule has 0 atom stereocenters. The Kier molecular flexibility index (Phi) is 8.55. The minimum Gasteiger partial charge on any atom is -0.211 e. The van der Waals surface area contributed by atoms with E-state index in [0.717, 1.165) is 11.1 Å². The smallest absolute Gasteiger partial charge is 0.211 e. The van der Waals surface area contributed by atoms with Crippen LogP contribution in [0.5, 0.6) is 0 Å². The van der Waals surface area contributed by atoms with E-state index in [-0.39, 0.29) is 35.8 Å². The van der Waals surface area contributed by atoms with Crippen LogP contribution in [0.1, 0.15) is 30.4 Å². The number of hydrogen-bond acceptors (Lipinski definition) is 5. The first-order valence-corrected chi connectivity index (χ1v) is 12.6. The van der Waals surface area contributed by atoms with Crippen LogP contribution in [0.4, 0.5) is 0 Å². The van der Waals surface area contributed by atoms with Crippen molar-refractivity contribution in [2.45, 2.75) is 42.9 Å². The highest BCUT2D eigenvalue weighted by atomic mass is 32.2. The predicted molar refractivity (Wildman–Crippen MR) is 116 cm³/mol. The SMILES string of the molecule is Cc1ccc(S(=O)(=O)NCCCCN(CCC#N)S(=O)(=O)c2ccc(C)cc2)cc1. The Hall–Kier alpha value is -2.25. The van der Waals surface area contributed by atoms with E-state index in [1.165, 1.54) is 4.31 Å². The number of nitrogens with zero attached hydrogens (tertiary/aromatic N) is 2. The molecule has 0 heterocycles. The minimum atomic E-state index is -3.71. The van der Waals surface area contributed by atoms with Gasteiger partial charge in [-0.1, -0.05) is 35.4 Å². The number of hydrogen-bond donors (Lipinski definition) is 1. The van der Waals surface area contributed by atoms with Gasteiger partial charge in [0.05, 0.1) is 15.9 Å². The van der Waals surface area contributed by atoms with Gasteiger partial charge in [0.25, 0.3) is 0 Å². The summed E-state index contributed by atoms with van der Waals surface area (Å²) in [6.07, 6.45) is 1.02. The number of unbranched alkanes of at least 4 members (excludes halogenated alkanes) is 1. The lowest BCUT2D eigenvalue weighted by molar-refractivity contribution is 0.406. The van der Waals surface area contributed by atoms with Gasteiger partial charge in [-0.15, -0.1) is 0 Å². The van der Waals surface area contributed by atoms with Crippen LogP contribution in [0, 0.1) is 25.2 Å². The average Bonchev–Trinajstić information content (AvgIpc) is 2.70. The lowest BCUT2D eigenvalue weighted by Crippen LogP contribution is -2.33. The number of nitriles is 1. The van der Waals surface area contributed by atoms with Crippen LogP contribution in [0.15, 0.2) is 58.3 Å². The molecule has 0 radical (unpaired) electrons. The standard InChI is InChI=1S/C21H27N3O4S2/c1-18-6-10-20(11-7-18)29(25,26)23-15-3-4-16-24(17-5-14-22)30(27,28)21-12-8-19(2)9-13-21/h6-13,23H,3-5,15-17H2,1-2H3. The molecule has 2 aromatic carbocycles. The van der Waals surface area contributed by atoms with E-state index in [0.29, 0.717) is 12.8 Å². The molecule has 7 nitrogen and oxygen atoms in total. The van der Waals surface area contributed by atoms with Crippen LogP contribution in [-0.4, -0.2) is 40.8 Å². The summed E-state index contributed by atoms with van der Waals surface area (Å²) in [7, 11) is -7.30. The predicted octanol–water partition coefficient (Wildman–Crippen LogP) is 2.97. The topological polar surface area (TPSA) is 107 Å². The zero-order valence-electron chi connectivity index (χ0n) is 17.2. The van der Waals surface area contributed by atoms with Crippen LogP contribution < -0.4 is 4.72 Å². The lowest BCUT2D eigenvalue weighted by Gasteiger charge is -2.21. The van der Waals surface area contributed by atoms with Crippen molar-refractivity contribution in [2.75, 3.05) is 19.6 Å². The van der Waals surface area contributed by atoms with Crippen molar-refractivity contribution in [2.24, 2.45) is 0 Å². The molecule has 0 saturated carbocycles. The molecule has 1 N–H and O–H groups in total. The van der Waals surface area contributed by atoms with Crippen molar-refractivity contribution in [3.05, 3.63) is 59.7 Å². The Bertz CT molecular complexity index is 1070. The van der Waals surface area contributed by atoms with E-state index >= 15 is 0 Å². The number of rotatable bonds is 11. The van der Waals surface area contributed by atoms with Gasteiger partial charge in [0.2, 0.25) is 20.0 Å². The summed E-state index contributed by atoms with van der Waals surface area (Å²) in [6.45, 7) is 4.27. The molecule has 0 saturated heterocycles. The summed E-state index contributed by atoms with van der Waals surface area (Å²) in [6, 6.07) is 15.1. The second kappa shape index (κ2) is 10.7. The molecule has 0 bridgehead atoms. The Morgan fingerprint density at radius 3 is 1.90 bits per heavy atom. The van der Waals surface area contributed by atoms with Crippen LogP contribution in [-0.2, 0) is 20.0 Å². The second-order valence-electron chi connectivity index (χ2n) is 7.04. The monoisotopic (exact) mass is 449 g/mol. The Balaban J connectivity index is 1.94. The third-order valence-corrected chi connectivity index (χ3v) is 7.98. The first kappa shape index (κ1) is 24.0. The van der Waals surface area contributed by atoms with Gasteiger partial charge in [-0.05, 0) is 51.0 Å². The maximum absolute atomic E-state index is 12.9. The molecule has 0 fully saturated rings. The number of benzene rings is 2. The van der Waals surface area contributed by atoms with Crippen molar-refractivity contribution in [3.63, 3.8) is 0 Å². The molecule has 0 amide bonds. The molecule has 162 valence electrons. The molecule has 9 heteroatoms. The quantitative estimate of drug-likeness (QED) is 0.531. The van der Waals surface area contributed by atoms with E-state index in [9.17, 15) is 16.8 Å². The maximum Gasteiger partial charge on any atom is 0.243 e. The summed E-state index contributed by atoms with van der Waals surface area (Å²) in [4.78, 5) is 0.386. The van der Waals surface area contributed by atoms with E-state index in [4.69, 9.17) is 5.26 Å². The van der Waals surface area contributed by atoms with Gasteiger partial charge in [-0.2, -0.15) is 9.57 Å². The normalized spacial score (nSPS) is 12.1. The fourth-order valence-corrected chi connectivity index (χ4v) is 5.36. The van der Waals surface area contributed by atoms with Gasteiger partial charge in [0.1, 0.15) is 0 Å². The van der Waals surface area contributed by atoms with Crippen molar-refractivity contribution in [1.29, 1.82) is 5.26 Å². The Labute approximate surface area is 179 Å². The molecule has 2 aromatic rings. The number of sulfonamides is 2. The van der Waals surface area contributed by atoms with Gasteiger partial charge in [0.15, 0.2) is 0 Å². The van der Waals surface area contributed by atoms with Gasteiger partial charge in [-0.25, -0.2) is 21.6 Å².